The molecule has 2 heterocycles. The number of nitrogens with zero attached hydrogens (tertiary/aromatic N) is 3. The van der Waals surface area contributed by atoms with Gasteiger partial charge >= 0.3 is 5.97 Å². The predicted octanol–water partition coefficient (Wildman–Crippen LogP) is 0.723. The maximum Gasteiger partial charge on any atom is 0.303 e. The number of ether oxygens (including phenoxy) is 1. The summed E-state index contributed by atoms with van der Waals surface area (Å²) >= 11 is 0. The van der Waals surface area contributed by atoms with E-state index >= 15 is 0 Å². The number of carboxylic acid groups (broad SMARTS) is 1. The first-order valence-corrected chi connectivity index (χ1v) is 7.17. The van der Waals surface area contributed by atoms with Gasteiger partial charge in [0, 0.05) is 39.2 Å². The molecule has 0 aliphatic carbocycles. The summed E-state index contributed by atoms with van der Waals surface area (Å²) in [5.41, 5.74) is 0.635. The van der Waals surface area contributed by atoms with Crippen molar-refractivity contribution in [2.75, 3.05) is 25.1 Å². The number of piperidine rings is 1. The van der Waals surface area contributed by atoms with E-state index in [4.69, 9.17) is 9.84 Å². The molecule has 1 N–H and O–H groups in total. The molecule has 0 amide bonds. The van der Waals surface area contributed by atoms with Crippen molar-refractivity contribution in [2.24, 2.45) is 0 Å². The Morgan fingerprint density at radius 1 is 1.48 bits per heavy atom. The first kappa shape index (κ1) is 15.5. The zero-order chi connectivity index (χ0) is 15.2. The molecule has 0 saturated carbocycles. The zero-order valence-electron chi connectivity index (χ0n) is 12.2. The Bertz CT molecular complexity index is 535. The molecular weight excluding hydrogens is 274 g/mol. The molecular formula is C14H21N3O4. The number of aryl methyl sites for hydroxylation is 1. The minimum absolute atomic E-state index is 0.0421. The lowest BCUT2D eigenvalue weighted by Gasteiger charge is -2.32. The van der Waals surface area contributed by atoms with Crippen molar-refractivity contribution in [2.45, 2.75) is 38.3 Å². The SMILES string of the molecule is COC1CCN(c2cnn(CCCC(=O)O)c(=O)c2)CC1. The number of anilines is 1. The maximum absolute atomic E-state index is 12.0. The normalized spacial score (nSPS) is 16.1. The summed E-state index contributed by atoms with van der Waals surface area (Å²) in [5, 5.41) is 12.7. The van der Waals surface area contributed by atoms with Crippen LogP contribution in [0.3, 0.4) is 0 Å². The lowest BCUT2D eigenvalue weighted by Crippen LogP contribution is -2.37. The van der Waals surface area contributed by atoms with Crippen molar-refractivity contribution in [3.8, 4) is 0 Å². The molecule has 1 aliphatic rings. The van der Waals surface area contributed by atoms with Crippen molar-refractivity contribution in [3.05, 3.63) is 22.6 Å². The summed E-state index contributed by atoms with van der Waals surface area (Å²) in [6.07, 6.45) is 4.30. The monoisotopic (exact) mass is 295 g/mol. The van der Waals surface area contributed by atoms with E-state index in [1.54, 1.807) is 19.4 Å². The Morgan fingerprint density at radius 2 is 2.19 bits per heavy atom. The van der Waals surface area contributed by atoms with Crippen molar-refractivity contribution in [1.82, 2.24) is 9.78 Å². The highest BCUT2D eigenvalue weighted by Crippen LogP contribution is 2.18. The standard InChI is InChI=1S/C14H21N3O4/c1-21-12-4-7-16(8-5-12)11-9-13(18)17(15-10-11)6-2-3-14(19)20/h9-10,12H,2-8H2,1H3,(H,19,20). The molecule has 116 valence electrons. The highest BCUT2D eigenvalue weighted by Gasteiger charge is 2.19. The molecule has 0 spiro atoms. The quantitative estimate of drug-likeness (QED) is 0.832. The summed E-state index contributed by atoms with van der Waals surface area (Å²) in [6, 6.07) is 1.57. The molecule has 21 heavy (non-hydrogen) atoms. The van der Waals surface area contributed by atoms with E-state index in [1.165, 1.54) is 4.68 Å². The summed E-state index contributed by atoms with van der Waals surface area (Å²) in [4.78, 5) is 24.6. The van der Waals surface area contributed by atoms with Gasteiger partial charge in [0.15, 0.2) is 0 Å². The third kappa shape index (κ3) is 4.29. The maximum atomic E-state index is 12.0. The number of hydrogen-bond donors (Lipinski definition) is 1. The topological polar surface area (TPSA) is 84.7 Å². The Morgan fingerprint density at radius 3 is 2.76 bits per heavy atom. The third-order valence-electron chi connectivity index (χ3n) is 3.76. The van der Waals surface area contributed by atoms with Gasteiger partial charge < -0.3 is 14.7 Å². The van der Waals surface area contributed by atoms with Crippen LogP contribution >= 0.6 is 0 Å². The summed E-state index contributed by atoms with van der Waals surface area (Å²) in [5.74, 6) is -0.860. The average Bonchev–Trinajstić information content (AvgIpc) is 2.48. The van der Waals surface area contributed by atoms with Gasteiger partial charge in [-0.05, 0) is 19.3 Å². The van der Waals surface area contributed by atoms with Gasteiger partial charge in [0.2, 0.25) is 0 Å². The van der Waals surface area contributed by atoms with E-state index in [2.05, 4.69) is 10.00 Å². The smallest absolute Gasteiger partial charge is 0.303 e. The van der Waals surface area contributed by atoms with Gasteiger partial charge in [-0.25, -0.2) is 4.68 Å². The Balaban J connectivity index is 1.96. The lowest BCUT2D eigenvalue weighted by atomic mass is 10.1. The van der Waals surface area contributed by atoms with Gasteiger partial charge in [0.05, 0.1) is 18.0 Å². The first-order valence-electron chi connectivity index (χ1n) is 7.17. The average molecular weight is 295 g/mol. The highest BCUT2D eigenvalue weighted by molar-refractivity contribution is 5.66. The minimum Gasteiger partial charge on any atom is -0.481 e. The number of rotatable bonds is 6. The number of methoxy groups -OCH3 is 1. The molecule has 1 aromatic rings. The van der Waals surface area contributed by atoms with E-state index in [1.807, 2.05) is 0 Å². The third-order valence-corrected chi connectivity index (χ3v) is 3.76. The van der Waals surface area contributed by atoms with Crippen molar-refractivity contribution in [1.29, 1.82) is 0 Å². The summed E-state index contributed by atoms with van der Waals surface area (Å²) in [7, 11) is 1.72. The Labute approximate surface area is 123 Å². The molecule has 1 aliphatic heterocycles. The van der Waals surface area contributed by atoms with Gasteiger partial charge in [0.1, 0.15) is 0 Å². The summed E-state index contributed by atoms with van der Waals surface area (Å²) in [6.45, 7) is 2.03. The van der Waals surface area contributed by atoms with Crippen molar-refractivity contribution < 1.29 is 14.6 Å². The second-order valence-corrected chi connectivity index (χ2v) is 5.19. The molecule has 0 atom stereocenters. The highest BCUT2D eigenvalue weighted by atomic mass is 16.5. The van der Waals surface area contributed by atoms with Crippen LogP contribution in [0.2, 0.25) is 0 Å². The van der Waals surface area contributed by atoms with Crippen LogP contribution in [0, 0.1) is 0 Å². The molecule has 2 rings (SSSR count). The van der Waals surface area contributed by atoms with Crippen LogP contribution < -0.4 is 10.5 Å². The van der Waals surface area contributed by atoms with Gasteiger partial charge in [-0.2, -0.15) is 5.10 Å². The van der Waals surface area contributed by atoms with Crippen LogP contribution in [-0.2, 0) is 16.1 Å². The van der Waals surface area contributed by atoms with Gasteiger partial charge in [0.25, 0.3) is 5.56 Å². The fraction of sp³-hybridized carbons (Fsp3) is 0.643. The molecule has 0 bridgehead atoms. The van der Waals surface area contributed by atoms with E-state index in [0.29, 0.717) is 19.1 Å². The second-order valence-electron chi connectivity index (χ2n) is 5.19. The largest absolute Gasteiger partial charge is 0.481 e. The fourth-order valence-electron chi connectivity index (χ4n) is 2.49. The number of aromatic nitrogens is 2. The molecule has 7 nitrogen and oxygen atoms in total. The van der Waals surface area contributed by atoms with Crippen LogP contribution in [0.4, 0.5) is 5.69 Å². The molecule has 0 radical (unpaired) electrons. The second kappa shape index (κ2) is 7.21. The van der Waals surface area contributed by atoms with E-state index in [0.717, 1.165) is 31.6 Å². The predicted molar refractivity (Wildman–Crippen MR) is 77.6 cm³/mol. The minimum atomic E-state index is -0.860. The van der Waals surface area contributed by atoms with Crippen LogP contribution in [0.5, 0.6) is 0 Å². The number of carbonyl (C=O) groups is 1. The van der Waals surface area contributed by atoms with Crippen molar-refractivity contribution in [3.63, 3.8) is 0 Å². The van der Waals surface area contributed by atoms with Crippen LogP contribution in [-0.4, -0.2) is 47.2 Å². The number of carboxylic acids is 1. The molecule has 0 unspecified atom stereocenters. The van der Waals surface area contributed by atoms with Crippen LogP contribution in [0.1, 0.15) is 25.7 Å². The summed E-state index contributed by atoms with van der Waals surface area (Å²) < 4.78 is 6.64. The molecule has 0 aromatic carbocycles. The molecule has 1 saturated heterocycles. The Hall–Kier alpha value is -1.89. The number of hydrogen-bond acceptors (Lipinski definition) is 5. The zero-order valence-corrected chi connectivity index (χ0v) is 12.2. The van der Waals surface area contributed by atoms with Crippen LogP contribution in [0.15, 0.2) is 17.1 Å². The van der Waals surface area contributed by atoms with Crippen molar-refractivity contribution >= 4 is 11.7 Å². The lowest BCUT2D eigenvalue weighted by molar-refractivity contribution is -0.137. The van der Waals surface area contributed by atoms with E-state index < -0.39 is 5.97 Å². The van der Waals surface area contributed by atoms with Gasteiger partial charge in [-0.15, -0.1) is 0 Å². The molecule has 7 heteroatoms. The fourth-order valence-corrected chi connectivity index (χ4v) is 2.49. The van der Waals surface area contributed by atoms with E-state index in [9.17, 15) is 9.59 Å². The van der Waals surface area contributed by atoms with Crippen LogP contribution in [0.25, 0.3) is 0 Å². The molecule has 1 aromatic heterocycles. The van der Waals surface area contributed by atoms with Gasteiger partial charge in [-0.1, -0.05) is 0 Å². The van der Waals surface area contributed by atoms with E-state index in [-0.39, 0.29) is 12.0 Å². The van der Waals surface area contributed by atoms with Gasteiger partial charge in [-0.3, -0.25) is 9.59 Å². The Kier molecular flexibility index (Phi) is 5.32. The first-order chi connectivity index (χ1) is 10.1. The number of aliphatic carboxylic acids is 1. The molecule has 1 fully saturated rings.